The van der Waals surface area contributed by atoms with Gasteiger partial charge in [-0.2, -0.15) is 5.10 Å². The molecule has 104 valence electrons. The topological polar surface area (TPSA) is 63.1 Å². The lowest BCUT2D eigenvalue weighted by molar-refractivity contribution is 1.09. The van der Waals surface area contributed by atoms with Crippen LogP contribution in [0.4, 0.5) is 0 Å². The number of hydrogen-bond donors (Lipinski definition) is 1. The predicted octanol–water partition coefficient (Wildman–Crippen LogP) is 2.92. The maximum absolute atomic E-state index is 12.8. The van der Waals surface area contributed by atoms with Crippen molar-refractivity contribution in [3.8, 4) is 11.4 Å². The molecule has 0 radical (unpaired) electrons. The molecule has 0 aliphatic carbocycles. The van der Waals surface area contributed by atoms with Crippen molar-refractivity contribution in [2.24, 2.45) is 0 Å². The van der Waals surface area contributed by atoms with Crippen molar-refractivity contribution >= 4 is 27.3 Å². The molecule has 0 aliphatic rings. The minimum absolute atomic E-state index is 0.0653. The summed E-state index contributed by atoms with van der Waals surface area (Å²) in [6, 6.07) is 9.64. The Morgan fingerprint density at radius 2 is 1.95 bits per heavy atom. The molecule has 21 heavy (non-hydrogen) atoms. The number of hydrogen-bond acceptors (Lipinski definition) is 4. The lowest BCUT2D eigenvalue weighted by atomic mass is 10.2. The molecule has 4 rings (SSSR count). The smallest absolute Gasteiger partial charge is 0.268 e. The van der Waals surface area contributed by atoms with Crippen LogP contribution in [0.2, 0.25) is 0 Å². The van der Waals surface area contributed by atoms with Gasteiger partial charge in [-0.1, -0.05) is 30.3 Å². The minimum Gasteiger partial charge on any atom is -0.268 e. The Labute approximate surface area is 123 Å². The fourth-order valence-corrected chi connectivity index (χ4v) is 3.52. The first-order chi connectivity index (χ1) is 10.2. The van der Waals surface area contributed by atoms with Gasteiger partial charge >= 0.3 is 0 Å². The standard InChI is InChI=1S/C15H12N4OS/c1-8-9(2)21-13-11(8)14(20)19-12(17-18-15(19)16-13)10-6-4-3-5-7-10/h3-7H,1-2H3,(H,16,18). The molecule has 3 aromatic heterocycles. The number of aromatic nitrogens is 4. The van der Waals surface area contributed by atoms with E-state index in [-0.39, 0.29) is 5.56 Å². The van der Waals surface area contributed by atoms with Crippen molar-refractivity contribution in [3.63, 3.8) is 0 Å². The number of thiophene rings is 1. The van der Waals surface area contributed by atoms with E-state index in [1.54, 1.807) is 15.7 Å². The van der Waals surface area contributed by atoms with Gasteiger partial charge in [0.2, 0.25) is 5.78 Å². The lowest BCUT2D eigenvalue weighted by Crippen LogP contribution is -2.15. The second-order valence-corrected chi connectivity index (χ2v) is 6.16. The molecule has 0 unspecified atom stereocenters. The van der Waals surface area contributed by atoms with Crippen molar-refractivity contribution in [2.45, 2.75) is 13.8 Å². The van der Waals surface area contributed by atoms with Gasteiger partial charge in [0.1, 0.15) is 4.83 Å². The summed E-state index contributed by atoms with van der Waals surface area (Å²) in [5.74, 6) is 1.07. The SMILES string of the molecule is Cc1sc2nc3[nH]nc(-c4ccccc4)n3c(=O)c2c1C. The first-order valence-electron chi connectivity index (χ1n) is 6.59. The van der Waals surface area contributed by atoms with Crippen LogP contribution in [0.15, 0.2) is 35.1 Å². The zero-order chi connectivity index (χ0) is 14.6. The molecule has 0 saturated heterocycles. The van der Waals surface area contributed by atoms with Gasteiger partial charge in [-0.25, -0.2) is 14.5 Å². The Morgan fingerprint density at radius 1 is 1.19 bits per heavy atom. The summed E-state index contributed by atoms with van der Waals surface area (Å²) in [5.41, 5.74) is 1.82. The summed E-state index contributed by atoms with van der Waals surface area (Å²) in [5, 5.41) is 7.81. The second-order valence-electron chi connectivity index (χ2n) is 4.95. The zero-order valence-corrected chi connectivity index (χ0v) is 12.4. The second kappa shape index (κ2) is 4.26. The first kappa shape index (κ1) is 12.3. The van der Waals surface area contributed by atoms with Crippen LogP contribution in [0, 0.1) is 13.8 Å². The molecule has 4 aromatic rings. The molecule has 0 saturated carbocycles. The molecule has 0 aliphatic heterocycles. The maximum atomic E-state index is 12.8. The molecule has 1 N–H and O–H groups in total. The van der Waals surface area contributed by atoms with Crippen LogP contribution in [0.3, 0.4) is 0 Å². The number of fused-ring (bicyclic) bond motifs is 2. The number of H-pyrrole nitrogens is 1. The molecule has 6 heteroatoms. The molecular weight excluding hydrogens is 284 g/mol. The number of aromatic amines is 1. The van der Waals surface area contributed by atoms with Gasteiger partial charge in [0, 0.05) is 10.4 Å². The number of nitrogens with zero attached hydrogens (tertiary/aromatic N) is 3. The third-order valence-electron chi connectivity index (χ3n) is 3.71. The third kappa shape index (κ3) is 1.66. The molecule has 1 aromatic carbocycles. The number of benzene rings is 1. The monoisotopic (exact) mass is 296 g/mol. The Kier molecular flexibility index (Phi) is 2.49. The van der Waals surface area contributed by atoms with Crippen LogP contribution in [-0.4, -0.2) is 19.6 Å². The van der Waals surface area contributed by atoms with E-state index in [4.69, 9.17) is 0 Å². The Bertz CT molecular complexity index is 1030. The Balaban J connectivity index is 2.17. The molecule has 0 bridgehead atoms. The molecule has 0 amide bonds. The van der Waals surface area contributed by atoms with Gasteiger partial charge in [0.05, 0.1) is 5.39 Å². The van der Waals surface area contributed by atoms with Crippen LogP contribution < -0.4 is 5.56 Å². The summed E-state index contributed by atoms with van der Waals surface area (Å²) in [7, 11) is 0. The third-order valence-corrected chi connectivity index (χ3v) is 4.81. The molecule has 0 spiro atoms. The summed E-state index contributed by atoms with van der Waals surface area (Å²) < 4.78 is 1.55. The highest BCUT2D eigenvalue weighted by molar-refractivity contribution is 7.18. The van der Waals surface area contributed by atoms with Crippen molar-refractivity contribution < 1.29 is 0 Å². The van der Waals surface area contributed by atoms with Crippen LogP contribution in [-0.2, 0) is 0 Å². The van der Waals surface area contributed by atoms with E-state index >= 15 is 0 Å². The van der Waals surface area contributed by atoms with Gasteiger partial charge in [-0.3, -0.25) is 4.79 Å². The van der Waals surface area contributed by atoms with Crippen molar-refractivity contribution in [2.75, 3.05) is 0 Å². The van der Waals surface area contributed by atoms with Gasteiger partial charge in [-0.15, -0.1) is 11.3 Å². The Morgan fingerprint density at radius 3 is 2.71 bits per heavy atom. The quantitative estimate of drug-likeness (QED) is 0.587. The molecule has 0 fully saturated rings. The average Bonchev–Trinajstić information content (AvgIpc) is 3.03. The zero-order valence-electron chi connectivity index (χ0n) is 11.5. The highest BCUT2D eigenvalue weighted by Crippen LogP contribution is 2.27. The van der Waals surface area contributed by atoms with Crippen molar-refractivity contribution in [1.82, 2.24) is 19.6 Å². The van der Waals surface area contributed by atoms with Gasteiger partial charge in [0.15, 0.2) is 5.82 Å². The van der Waals surface area contributed by atoms with E-state index in [9.17, 15) is 4.79 Å². The van der Waals surface area contributed by atoms with Gasteiger partial charge in [-0.05, 0) is 19.4 Å². The van der Waals surface area contributed by atoms with Gasteiger partial charge < -0.3 is 0 Å². The van der Waals surface area contributed by atoms with E-state index in [0.29, 0.717) is 17.0 Å². The highest BCUT2D eigenvalue weighted by Gasteiger charge is 2.17. The minimum atomic E-state index is -0.0653. The average molecular weight is 296 g/mol. The summed E-state index contributed by atoms with van der Waals surface area (Å²) in [6.45, 7) is 3.97. The molecule has 3 heterocycles. The summed E-state index contributed by atoms with van der Waals surface area (Å²) in [4.78, 5) is 19.3. The summed E-state index contributed by atoms with van der Waals surface area (Å²) >= 11 is 1.54. The Hall–Kier alpha value is -2.47. The van der Waals surface area contributed by atoms with E-state index < -0.39 is 0 Å². The van der Waals surface area contributed by atoms with Crippen LogP contribution in [0.1, 0.15) is 10.4 Å². The molecule has 5 nitrogen and oxygen atoms in total. The van der Waals surface area contributed by atoms with Crippen LogP contribution in [0.25, 0.3) is 27.4 Å². The van der Waals surface area contributed by atoms with E-state index in [1.165, 1.54) is 0 Å². The number of rotatable bonds is 1. The summed E-state index contributed by atoms with van der Waals surface area (Å²) in [6.07, 6.45) is 0. The van der Waals surface area contributed by atoms with Crippen LogP contribution in [0.5, 0.6) is 0 Å². The largest absolute Gasteiger partial charge is 0.269 e. The van der Waals surface area contributed by atoms with Crippen LogP contribution >= 0.6 is 11.3 Å². The van der Waals surface area contributed by atoms with E-state index in [2.05, 4.69) is 15.2 Å². The van der Waals surface area contributed by atoms with E-state index in [0.717, 1.165) is 20.8 Å². The van der Waals surface area contributed by atoms with E-state index in [1.807, 2.05) is 44.2 Å². The number of nitrogens with one attached hydrogen (secondary N) is 1. The lowest BCUT2D eigenvalue weighted by Gasteiger charge is -1.99. The fraction of sp³-hybridized carbons (Fsp3) is 0.133. The fourth-order valence-electron chi connectivity index (χ4n) is 2.50. The molecule has 0 atom stereocenters. The van der Waals surface area contributed by atoms with Crippen molar-refractivity contribution in [3.05, 3.63) is 51.1 Å². The number of aryl methyl sites for hydroxylation is 2. The van der Waals surface area contributed by atoms with Gasteiger partial charge in [0.25, 0.3) is 5.56 Å². The first-order valence-corrected chi connectivity index (χ1v) is 7.40. The molecular formula is C15H12N4OS. The maximum Gasteiger partial charge on any atom is 0.269 e. The predicted molar refractivity (Wildman–Crippen MR) is 83.9 cm³/mol. The van der Waals surface area contributed by atoms with Crippen molar-refractivity contribution in [1.29, 1.82) is 0 Å². The normalized spacial score (nSPS) is 11.5. The highest BCUT2D eigenvalue weighted by atomic mass is 32.1.